The summed E-state index contributed by atoms with van der Waals surface area (Å²) in [5.41, 5.74) is 2.86. The Kier molecular flexibility index (Phi) is 3.86. The minimum atomic E-state index is -0.152. The number of hydrogen-bond acceptors (Lipinski definition) is 4. The van der Waals surface area contributed by atoms with Gasteiger partial charge in [-0.3, -0.25) is 4.79 Å². The Balaban J connectivity index is 1.64. The second-order valence-corrected chi connectivity index (χ2v) is 6.18. The molecule has 0 saturated carbocycles. The van der Waals surface area contributed by atoms with Crippen molar-refractivity contribution in [2.24, 2.45) is 4.99 Å². The molecule has 0 radical (unpaired) electrons. The van der Waals surface area contributed by atoms with Crippen molar-refractivity contribution in [3.63, 3.8) is 0 Å². The van der Waals surface area contributed by atoms with Gasteiger partial charge in [-0.25, -0.2) is 4.99 Å². The van der Waals surface area contributed by atoms with E-state index in [1.807, 2.05) is 31.6 Å². The van der Waals surface area contributed by atoms with Crippen LogP contribution in [-0.2, 0) is 13.2 Å². The van der Waals surface area contributed by atoms with Crippen LogP contribution in [0.3, 0.4) is 0 Å². The maximum absolute atomic E-state index is 11.4. The summed E-state index contributed by atoms with van der Waals surface area (Å²) in [6.07, 6.45) is 1.63. The summed E-state index contributed by atoms with van der Waals surface area (Å²) in [4.78, 5) is 18.4. The monoisotopic (exact) mass is 300 g/mol. The fourth-order valence-electron chi connectivity index (χ4n) is 2.22. The van der Waals surface area contributed by atoms with Gasteiger partial charge in [-0.15, -0.1) is 11.3 Å². The van der Waals surface area contributed by atoms with Gasteiger partial charge in [-0.2, -0.15) is 0 Å². The highest BCUT2D eigenvalue weighted by atomic mass is 32.1. The van der Waals surface area contributed by atoms with Gasteiger partial charge >= 0.3 is 0 Å². The molecule has 1 aromatic heterocycles. The molecule has 0 atom stereocenters. The summed E-state index contributed by atoms with van der Waals surface area (Å²) in [7, 11) is 4.09. The van der Waals surface area contributed by atoms with E-state index in [4.69, 9.17) is 4.74 Å². The molecule has 3 rings (SSSR count). The summed E-state index contributed by atoms with van der Waals surface area (Å²) in [5.74, 6) is 0.682. The molecule has 0 saturated heterocycles. The summed E-state index contributed by atoms with van der Waals surface area (Å²) < 4.78 is 5.79. The van der Waals surface area contributed by atoms with Gasteiger partial charge in [0.25, 0.3) is 5.91 Å². The molecule has 108 valence electrons. The molecular formula is C16H16N2O2S. The van der Waals surface area contributed by atoms with Crippen LogP contribution in [0.5, 0.6) is 5.75 Å². The number of ether oxygens (including phenoxy) is 1. The number of carbonyl (C=O) groups is 1. The summed E-state index contributed by atoms with van der Waals surface area (Å²) in [6.45, 7) is 1.38. The van der Waals surface area contributed by atoms with E-state index in [-0.39, 0.29) is 5.91 Å². The van der Waals surface area contributed by atoms with E-state index in [1.54, 1.807) is 17.6 Å². The third-order valence-electron chi connectivity index (χ3n) is 3.24. The van der Waals surface area contributed by atoms with Gasteiger partial charge in [-0.05, 0) is 31.8 Å². The predicted octanol–water partition coefficient (Wildman–Crippen LogP) is 2.96. The average molecular weight is 300 g/mol. The Bertz CT molecular complexity index is 687. The standard InChI is InChI=1S/C16H16N2O2S/c1-18(2)8-11-3-5-12(6-4-11)20-9-15-13-7-17-16(19)14(13)10-21-15/h3-7,10H,8-9H2,1-2H3. The van der Waals surface area contributed by atoms with Crippen molar-refractivity contribution in [1.82, 2.24) is 4.90 Å². The molecule has 1 aliphatic heterocycles. The van der Waals surface area contributed by atoms with E-state index in [0.29, 0.717) is 12.2 Å². The van der Waals surface area contributed by atoms with Crippen LogP contribution in [0.25, 0.3) is 0 Å². The van der Waals surface area contributed by atoms with E-state index in [1.165, 1.54) is 5.56 Å². The van der Waals surface area contributed by atoms with Crippen LogP contribution in [0.15, 0.2) is 34.6 Å². The zero-order chi connectivity index (χ0) is 14.8. The lowest BCUT2D eigenvalue weighted by Gasteiger charge is -2.10. The second-order valence-electron chi connectivity index (χ2n) is 5.22. The highest BCUT2D eigenvalue weighted by Gasteiger charge is 2.20. The topological polar surface area (TPSA) is 41.9 Å². The summed E-state index contributed by atoms with van der Waals surface area (Å²) in [5, 5.41) is 1.85. The van der Waals surface area contributed by atoms with E-state index >= 15 is 0 Å². The highest BCUT2D eigenvalue weighted by molar-refractivity contribution is 7.10. The molecule has 0 unspecified atom stereocenters. The van der Waals surface area contributed by atoms with Gasteiger partial charge in [0.15, 0.2) is 0 Å². The second kappa shape index (κ2) is 5.79. The van der Waals surface area contributed by atoms with E-state index < -0.39 is 0 Å². The lowest BCUT2D eigenvalue weighted by atomic mass is 10.2. The van der Waals surface area contributed by atoms with Crippen LogP contribution in [0.4, 0.5) is 0 Å². The summed E-state index contributed by atoms with van der Waals surface area (Å²) in [6, 6.07) is 8.09. The van der Waals surface area contributed by atoms with E-state index in [9.17, 15) is 4.79 Å². The van der Waals surface area contributed by atoms with Gasteiger partial charge in [0, 0.05) is 23.7 Å². The fraction of sp³-hybridized carbons (Fsp3) is 0.250. The fourth-order valence-corrected chi connectivity index (χ4v) is 3.13. The Labute approximate surface area is 127 Å². The molecule has 2 heterocycles. The van der Waals surface area contributed by atoms with Crippen LogP contribution >= 0.6 is 11.3 Å². The van der Waals surface area contributed by atoms with Gasteiger partial charge in [0.1, 0.15) is 12.4 Å². The number of rotatable bonds is 5. The van der Waals surface area contributed by atoms with Gasteiger partial charge < -0.3 is 9.64 Å². The average Bonchev–Trinajstić information content (AvgIpc) is 3.01. The number of carbonyl (C=O) groups excluding carboxylic acids is 1. The highest BCUT2D eigenvalue weighted by Crippen LogP contribution is 2.27. The van der Waals surface area contributed by atoms with Crippen LogP contribution < -0.4 is 4.74 Å². The first-order valence-electron chi connectivity index (χ1n) is 6.69. The molecular weight excluding hydrogens is 284 g/mol. The molecule has 0 bridgehead atoms. The molecule has 1 amide bonds. The first-order chi connectivity index (χ1) is 10.1. The largest absolute Gasteiger partial charge is 0.488 e. The van der Waals surface area contributed by atoms with Crippen molar-refractivity contribution in [2.45, 2.75) is 13.2 Å². The number of nitrogens with zero attached hydrogens (tertiary/aromatic N) is 2. The minimum Gasteiger partial charge on any atom is -0.488 e. The van der Waals surface area contributed by atoms with Crippen molar-refractivity contribution < 1.29 is 9.53 Å². The van der Waals surface area contributed by atoms with E-state index in [2.05, 4.69) is 22.0 Å². The third-order valence-corrected chi connectivity index (χ3v) is 4.22. The van der Waals surface area contributed by atoms with Crippen LogP contribution in [-0.4, -0.2) is 31.1 Å². The number of fused-ring (bicyclic) bond motifs is 1. The first-order valence-corrected chi connectivity index (χ1v) is 7.56. The normalized spacial score (nSPS) is 13.0. The van der Waals surface area contributed by atoms with Crippen molar-refractivity contribution in [3.8, 4) is 5.75 Å². The number of benzene rings is 1. The Hall–Kier alpha value is -1.98. The quantitative estimate of drug-likeness (QED) is 0.852. The number of amides is 1. The number of aliphatic imine (C=N–C) groups is 1. The number of thiophene rings is 1. The molecule has 1 aromatic carbocycles. The zero-order valence-electron chi connectivity index (χ0n) is 12.0. The number of hydrogen-bond donors (Lipinski definition) is 0. The van der Waals surface area contributed by atoms with Crippen LogP contribution in [0.1, 0.15) is 26.4 Å². The third kappa shape index (κ3) is 3.04. The van der Waals surface area contributed by atoms with Gasteiger partial charge in [-0.1, -0.05) is 12.1 Å². The van der Waals surface area contributed by atoms with Crippen LogP contribution in [0.2, 0.25) is 0 Å². The van der Waals surface area contributed by atoms with E-state index in [0.717, 1.165) is 22.7 Å². The smallest absolute Gasteiger partial charge is 0.278 e. The van der Waals surface area contributed by atoms with Crippen molar-refractivity contribution in [1.29, 1.82) is 0 Å². The summed E-state index contributed by atoms with van der Waals surface area (Å²) >= 11 is 1.54. The Morgan fingerprint density at radius 1 is 1.24 bits per heavy atom. The Morgan fingerprint density at radius 2 is 2.00 bits per heavy atom. The maximum atomic E-state index is 11.4. The maximum Gasteiger partial charge on any atom is 0.278 e. The lowest BCUT2D eigenvalue weighted by molar-refractivity contribution is 0.101. The van der Waals surface area contributed by atoms with Crippen molar-refractivity contribution >= 4 is 23.5 Å². The Morgan fingerprint density at radius 3 is 2.71 bits per heavy atom. The molecule has 4 nitrogen and oxygen atoms in total. The molecule has 5 heteroatoms. The minimum absolute atomic E-state index is 0.152. The van der Waals surface area contributed by atoms with Crippen molar-refractivity contribution in [3.05, 3.63) is 51.2 Å². The van der Waals surface area contributed by atoms with Gasteiger partial charge in [0.05, 0.1) is 10.4 Å². The SMILES string of the molecule is CN(C)Cc1ccc(OCc2scc3c2C=NC3=O)cc1. The van der Waals surface area contributed by atoms with Crippen molar-refractivity contribution in [2.75, 3.05) is 14.1 Å². The first kappa shape index (κ1) is 14.0. The molecule has 0 fully saturated rings. The molecule has 0 spiro atoms. The van der Waals surface area contributed by atoms with Gasteiger partial charge in [0.2, 0.25) is 0 Å². The molecule has 1 aliphatic rings. The zero-order valence-corrected chi connectivity index (χ0v) is 12.8. The molecule has 0 aliphatic carbocycles. The predicted molar refractivity (Wildman–Crippen MR) is 84.4 cm³/mol. The molecule has 21 heavy (non-hydrogen) atoms. The molecule has 0 N–H and O–H groups in total. The molecule has 2 aromatic rings. The lowest BCUT2D eigenvalue weighted by Crippen LogP contribution is -2.10. The van der Waals surface area contributed by atoms with Crippen LogP contribution in [0, 0.1) is 0 Å².